The highest BCUT2D eigenvalue weighted by Gasteiger charge is 2.31. The number of benzene rings is 1. The van der Waals surface area contributed by atoms with E-state index in [1.165, 1.54) is 16.7 Å². The quantitative estimate of drug-likeness (QED) is 0.875. The number of thioether (sulfide) groups is 1. The van der Waals surface area contributed by atoms with E-state index in [4.69, 9.17) is 0 Å². The van der Waals surface area contributed by atoms with E-state index in [9.17, 15) is 9.90 Å². The standard InChI is InChI=1S/C16H23NO2S/c1-12-7-13(2)9-14(8-12)3-4-15(18)17-10-16(19)5-6-20-11-16/h7-9,19H,3-6,10-11H2,1-2H3,(H,17,18). The highest BCUT2D eigenvalue weighted by atomic mass is 32.2. The van der Waals surface area contributed by atoms with Gasteiger partial charge in [0.1, 0.15) is 0 Å². The van der Waals surface area contributed by atoms with Crippen molar-refractivity contribution >= 4 is 17.7 Å². The molecule has 2 N–H and O–H groups in total. The third-order valence-corrected chi connectivity index (χ3v) is 4.85. The lowest BCUT2D eigenvalue weighted by Crippen LogP contribution is -2.43. The van der Waals surface area contributed by atoms with Crippen molar-refractivity contribution in [2.45, 2.75) is 38.7 Å². The summed E-state index contributed by atoms with van der Waals surface area (Å²) in [4.78, 5) is 11.9. The average molecular weight is 293 g/mol. The van der Waals surface area contributed by atoms with Gasteiger partial charge in [-0.3, -0.25) is 4.79 Å². The molecule has 0 aliphatic carbocycles. The second kappa shape index (κ2) is 6.64. The van der Waals surface area contributed by atoms with Crippen LogP contribution in [0.1, 0.15) is 29.5 Å². The van der Waals surface area contributed by atoms with E-state index >= 15 is 0 Å². The van der Waals surface area contributed by atoms with Crippen LogP contribution in [-0.4, -0.2) is 34.7 Å². The first-order valence-electron chi connectivity index (χ1n) is 7.11. The number of amides is 1. The fourth-order valence-corrected chi connectivity index (χ4v) is 3.85. The van der Waals surface area contributed by atoms with Crippen LogP contribution in [0.25, 0.3) is 0 Å². The van der Waals surface area contributed by atoms with Crippen LogP contribution in [0, 0.1) is 13.8 Å². The number of aliphatic hydroxyl groups is 1. The van der Waals surface area contributed by atoms with Gasteiger partial charge in [-0.15, -0.1) is 0 Å². The van der Waals surface area contributed by atoms with E-state index in [-0.39, 0.29) is 5.91 Å². The molecule has 1 unspecified atom stereocenters. The van der Waals surface area contributed by atoms with Crippen LogP contribution in [0.4, 0.5) is 0 Å². The summed E-state index contributed by atoms with van der Waals surface area (Å²) in [6.07, 6.45) is 2.00. The molecule has 0 bridgehead atoms. The van der Waals surface area contributed by atoms with Crippen LogP contribution in [0.2, 0.25) is 0 Å². The van der Waals surface area contributed by atoms with Crippen molar-refractivity contribution in [3.05, 3.63) is 34.9 Å². The summed E-state index contributed by atoms with van der Waals surface area (Å²) >= 11 is 1.74. The summed E-state index contributed by atoms with van der Waals surface area (Å²) < 4.78 is 0. The predicted octanol–water partition coefficient (Wildman–Crippen LogP) is 2.22. The zero-order valence-electron chi connectivity index (χ0n) is 12.2. The fourth-order valence-electron chi connectivity index (χ4n) is 2.56. The predicted molar refractivity (Wildman–Crippen MR) is 84.1 cm³/mol. The lowest BCUT2D eigenvalue weighted by molar-refractivity contribution is -0.122. The largest absolute Gasteiger partial charge is 0.387 e. The third-order valence-electron chi connectivity index (χ3n) is 3.62. The maximum absolute atomic E-state index is 11.9. The van der Waals surface area contributed by atoms with Gasteiger partial charge in [-0.2, -0.15) is 11.8 Å². The van der Waals surface area contributed by atoms with E-state index in [1.807, 2.05) is 0 Å². The maximum Gasteiger partial charge on any atom is 0.220 e. The van der Waals surface area contributed by atoms with E-state index in [0.29, 0.717) is 13.0 Å². The van der Waals surface area contributed by atoms with Gasteiger partial charge < -0.3 is 10.4 Å². The molecule has 1 atom stereocenters. The average Bonchev–Trinajstić information content (AvgIpc) is 2.80. The molecule has 20 heavy (non-hydrogen) atoms. The Bertz CT molecular complexity index is 461. The minimum atomic E-state index is -0.694. The van der Waals surface area contributed by atoms with Gasteiger partial charge in [0.15, 0.2) is 0 Å². The monoisotopic (exact) mass is 293 g/mol. The number of nitrogens with one attached hydrogen (secondary N) is 1. The SMILES string of the molecule is Cc1cc(C)cc(CCC(=O)NCC2(O)CCSC2)c1. The Kier molecular flexibility index (Phi) is 5.11. The number of hydrogen-bond donors (Lipinski definition) is 2. The molecule has 0 aromatic heterocycles. The second-order valence-electron chi connectivity index (χ2n) is 5.80. The molecular formula is C16H23NO2S. The summed E-state index contributed by atoms with van der Waals surface area (Å²) in [5.41, 5.74) is 2.98. The zero-order valence-corrected chi connectivity index (χ0v) is 13.1. The first-order valence-corrected chi connectivity index (χ1v) is 8.26. The van der Waals surface area contributed by atoms with Gasteiger partial charge in [0.2, 0.25) is 5.91 Å². The highest BCUT2D eigenvalue weighted by molar-refractivity contribution is 7.99. The van der Waals surface area contributed by atoms with E-state index in [1.54, 1.807) is 11.8 Å². The molecule has 3 nitrogen and oxygen atoms in total. The molecule has 1 saturated heterocycles. The van der Waals surface area contributed by atoms with Gasteiger partial charge in [-0.25, -0.2) is 0 Å². The summed E-state index contributed by atoms with van der Waals surface area (Å²) in [7, 11) is 0. The van der Waals surface area contributed by atoms with Crippen LogP contribution < -0.4 is 5.32 Å². The van der Waals surface area contributed by atoms with Crippen LogP contribution >= 0.6 is 11.8 Å². The number of hydrogen-bond acceptors (Lipinski definition) is 3. The van der Waals surface area contributed by atoms with Crippen molar-refractivity contribution in [1.82, 2.24) is 5.32 Å². The normalized spacial score (nSPS) is 21.9. The Morgan fingerprint density at radius 1 is 1.35 bits per heavy atom. The molecule has 1 heterocycles. The lowest BCUT2D eigenvalue weighted by Gasteiger charge is -2.21. The lowest BCUT2D eigenvalue weighted by atomic mass is 10.0. The van der Waals surface area contributed by atoms with Crippen LogP contribution in [-0.2, 0) is 11.2 Å². The third kappa shape index (κ3) is 4.53. The summed E-state index contributed by atoms with van der Waals surface area (Å²) in [6, 6.07) is 6.39. The van der Waals surface area contributed by atoms with Crippen molar-refractivity contribution in [3.63, 3.8) is 0 Å². The Balaban J connectivity index is 1.77. The number of carbonyl (C=O) groups excluding carboxylic acids is 1. The van der Waals surface area contributed by atoms with Gasteiger partial charge >= 0.3 is 0 Å². The molecule has 2 rings (SSSR count). The molecule has 1 amide bonds. The molecule has 0 saturated carbocycles. The van der Waals surface area contributed by atoms with Gasteiger partial charge in [0, 0.05) is 18.7 Å². The van der Waals surface area contributed by atoms with Crippen LogP contribution in [0.5, 0.6) is 0 Å². The minimum absolute atomic E-state index is 0.0227. The van der Waals surface area contributed by atoms with Gasteiger partial charge in [0.05, 0.1) is 5.60 Å². The van der Waals surface area contributed by atoms with Crippen molar-refractivity contribution < 1.29 is 9.90 Å². The zero-order chi connectivity index (χ0) is 14.6. The molecular weight excluding hydrogens is 270 g/mol. The highest BCUT2D eigenvalue weighted by Crippen LogP contribution is 2.26. The first-order chi connectivity index (χ1) is 9.47. The number of carbonyl (C=O) groups is 1. The molecule has 1 aliphatic heterocycles. The molecule has 110 valence electrons. The van der Waals surface area contributed by atoms with E-state index in [2.05, 4.69) is 37.4 Å². The van der Waals surface area contributed by atoms with Crippen molar-refractivity contribution in [3.8, 4) is 0 Å². The summed E-state index contributed by atoms with van der Waals surface area (Å²) in [5, 5.41) is 13.0. The molecule has 4 heteroatoms. The second-order valence-corrected chi connectivity index (χ2v) is 6.90. The Labute approximate surface area is 125 Å². The molecule has 0 spiro atoms. The van der Waals surface area contributed by atoms with Crippen LogP contribution in [0.15, 0.2) is 18.2 Å². The minimum Gasteiger partial charge on any atom is -0.387 e. The Morgan fingerprint density at radius 3 is 2.65 bits per heavy atom. The molecule has 1 aromatic carbocycles. The van der Waals surface area contributed by atoms with Gasteiger partial charge in [-0.05, 0) is 38.0 Å². The van der Waals surface area contributed by atoms with Crippen molar-refractivity contribution in [1.29, 1.82) is 0 Å². The van der Waals surface area contributed by atoms with Gasteiger partial charge in [0.25, 0.3) is 0 Å². The number of rotatable bonds is 5. The summed E-state index contributed by atoms with van der Waals surface area (Å²) in [6.45, 7) is 4.53. The molecule has 0 radical (unpaired) electrons. The van der Waals surface area contributed by atoms with Gasteiger partial charge in [-0.1, -0.05) is 29.3 Å². The fraction of sp³-hybridized carbons (Fsp3) is 0.562. The van der Waals surface area contributed by atoms with Crippen molar-refractivity contribution in [2.75, 3.05) is 18.1 Å². The molecule has 1 aliphatic rings. The smallest absolute Gasteiger partial charge is 0.220 e. The Hall–Kier alpha value is -1.00. The summed E-state index contributed by atoms with van der Waals surface area (Å²) in [5.74, 6) is 1.73. The van der Waals surface area contributed by atoms with E-state index in [0.717, 1.165) is 24.3 Å². The van der Waals surface area contributed by atoms with Crippen molar-refractivity contribution in [2.24, 2.45) is 0 Å². The Morgan fingerprint density at radius 2 is 2.05 bits per heavy atom. The molecule has 1 fully saturated rings. The topological polar surface area (TPSA) is 49.3 Å². The molecule has 1 aromatic rings. The number of aryl methyl sites for hydroxylation is 3. The first kappa shape index (κ1) is 15.4. The van der Waals surface area contributed by atoms with Crippen LogP contribution in [0.3, 0.4) is 0 Å². The maximum atomic E-state index is 11.9. The van der Waals surface area contributed by atoms with E-state index < -0.39 is 5.60 Å².